The number of carbonyl (C=O) groups excluding carboxylic acids is 1. The molecular weight excluding hydrogens is 264 g/mol. The lowest BCUT2D eigenvalue weighted by atomic mass is 10.1. The van der Waals surface area contributed by atoms with E-state index in [1.807, 2.05) is 45.0 Å². The zero-order chi connectivity index (χ0) is 15.8. The Hall–Kier alpha value is -1.55. The number of nitrogens with one attached hydrogen (secondary N) is 1. The van der Waals surface area contributed by atoms with Crippen LogP contribution >= 0.6 is 0 Å². The molecule has 2 unspecified atom stereocenters. The lowest BCUT2D eigenvalue weighted by Gasteiger charge is -2.17. The number of amides is 1. The minimum Gasteiger partial charge on any atom is -0.491 e. The summed E-state index contributed by atoms with van der Waals surface area (Å²) in [5.74, 6) is 0.850. The molecule has 0 bridgehead atoms. The van der Waals surface area contributed by atoms with Crippen LogP contribution in [-0.4, -0.2) is 18.1 Å². The quantitative estimate of drug-likeness (QED) is 0.773. The van der Waals surface area contributed by atoms with Gasteiger partial charge in [-0.15, -0.1) is 0 Å². The smallest absolute Gasteiger partial charge is 0.222 e. The standard InChI is InChI=1S/C17H28N2O2/c1-5-6-15(18)11-17(20)19-13(4)14-7-9-16(10-8-14)21-12(2)3/h7-10,12-13,15H,5-6,11,18H2,1-4H3,(H,19,20). The zero-order valence-corrected chi connectivity index (χ0v) is 13.6. The first-order valence-electron chi connectivity index (χ1n) is 7.74. The Bertz CT molecular complexity index is 429. The van der Waals surface area contributed by atoms with Crippen LogP contribution in [-0.2, 0) is 4.79 Å². The van der Waals surface area contributed by atoms with Gasteiger partial charge in [-0.3, -0.25) is 4.79 Å². The van der Waals surface area contributed by atoms with Crippen LogP contribution in [0.3, 0.4) is 0 Å². The summed E-state index contributed by atoms with van der Waals surface area (Å²) >= 11 is 0. The summed E-state index contributed by atoms with van der Waals surface area (Å²) in [5, 5.41) is 2.99. The Balaban J connectivity index is 2.51. The molecule has 0 saturated carbocycles. The van der Waals surface area contributed by atoms with Crippen LogP contribution < -0.4 is 15.8 Å². The van der Waals surface area contributed by atoms with Crippen molar-refractivity contribution >= 4 is 5.91 Å². The summed E-state index contributed by atoms with van der Waals surface area (Å²) in [7, 11) is 0. The molecule has 0 aliphatic carbocycles. The van der Waals surface area contributed by atoms with Crippen molar-refractivity contribution in [1.82, 2.24) is 5.32 Å². The van der Waals surface area contributed by atoms with Crippen molar-refractivity contribution < 1.29 is 9.53 Å². The van der Waals surface area contributed by atoms with Crippen molar-refractivity contribution in [3.63, 3.8) is 0 Å². The number of nitrogens with two attached hydrogens (primary N) is 1. The van der Waals surface area contributed by atoms with Crippen molar-refractivity contribution in [1.29, 1.82) is 0 Å². The molecule has 4 nitrogen and oxygen atoms in total. The van der Waals surface area contributed by atoms with E-state index < -0.39 is 0 Å². The Kier molecular flexibility index (Phi) is 7.23. The van der Waals surface area contributed by atoms with Gasteiger partial charge in [0.05, 0.1) is 12.1 Å². The van der Waals surface area contributed by atoms with Gasteiger partial charge in [0.1, 0.15) is 5.75 Å². The van der Waals surface area contributed by atoms with Crippen molar-refractivity contribution in [2.45, 2.75) is 65.1 Å². The Labute approximate surface area is 128 Å². The molecule has 2 atom stereocenters. The highest BCUT2D eigenvalue weighted by Crippen LogP contribution is 2.18. The lowest BCUT2D eigenvalue weighted by Crippen LogP contribution is -2.33. The van der Waals surface area contributed by atoms with E-state index in [4.69, 9.17) is 10.5 Å². The highest BCUT2D eigenvalue weighted by Gasteiger charge is 2.13. The van der Waals surface area contributed by atoms with E-state index in [9.17, 15) is 4.79 Å². The van der Waals surface area contributed by atoms with Crippen molar-refractivity contribution in [2.24, 2.45) is 5.73 Å². The van der Waals surface area contributed by atoms with Gasteiger partial charge in [-0.2, -0.15) is 0 Å². The average Bonchev–Trinajstić information content (AvgIpc) is 2.38. The van der Waals surface area contributed by atoms with Gasteiger partial charge in [0.2, 0.25) is 5.91 Å². The number of hydrogen-bond acceptors (Lipinski definition) is 3. The van der Waals surface area contributed by atoms with Gasteiger partial charge >= 0.3 is 0 Å². The maximum Gasteiger partial charge on any atom is 0.222 e. The highest BCUT2D eigenvalue weighted by molar-refractivity contribution is 5.77. The molecule has 21 heavy (non-hydrogen) atoms. The predicted octanol–water partition coefficient (Wildman–Crippen LogP) is 3.17. The maximum absolute atomic E-state index is 11.9. The topological polar surface area (TPSA) is 64.4 Å². The molecule has 0 heterocycles. The fourth-order valence-electron chi connectivity index (χ4n) is 2.20. The van der Waals surface area contributed by atoms with Crippen LogP contribution in [0.25, 0.3) is 0 Å². The third kappa shape index (κ3) is 6.63. The van der Waals surface area contributed by atoms with E-state index in [0.717, 1.165) is 24.2 Å². The summed E-state index contributed by atoms with van der Waals surface area (Å²) in [6.45, 7) is 8.04. The van der Waals surface area contributed by atoms with Crippen LogP contribution in [0.15, 0.2) is 24.3 Å². The first-order chi connectivity index (χ1) is 9.92. The molecule has 4 heteroatoms. The first-order valence-corrected chi connectivity index (χ1v) is 7.74. The molecule has 0 fully saturated rings. The van der Waals surface area contributed by atoms with Crippen LogP contribution in [0, 0.1) is 0 Å². The van der Waals surface area contributed by atoms with E-state index >= 15 is 0 Å². The van der Waals surface area contributed by atoms with Crippen LogP contribution in [0.1, 0.15) is 58.6 Å². The third-order valence-electron chi connectivity index (χ3n) is 3.24. The predicted molar refractivity (Wildman–Crippen MR) is 86.3 cm³/mol. The number of carbonyl (C=O) groups is 1. The van der Waals surface area contributed by atoms with Crippen LogP contribution in [0.5, 0.6) is 5.75 Å². The van der Waals surface area contributed by atoms with Gasteiger partial charge in [-0.05, 0) is 44.9 Å². The van der Waals surface area contributed by atoms with Gasteiger partial charge < -0.3 is 15.8 Å². The average molecular weight is 292 g/mol. The molecule has 0 saturated heterocycles. The van der Waals surface area contributed by atoms with Crippen LogP contribution in [0.2, 0.25) is 0 Å². The van der Waals surface area contributed by atoms with Crippen molar-refractivity contribution in [2.75, 3.05) is 0 Å². The lowest BCUT2D eigenvalue weighted by molar-refractivity contribution is -0.122. The second kappa shape index (κ2) is 8.67. The highest BCUT2D eigenvalue weighted by atomic mass is 16.5. The summed E-state index contributed by atoms with van der Waals surface area (Å²) < 4.78 is 5.61. The SMILES string of the molecule is CCCC(N)CC(=O)NC(C)c1ccc(OC(C)C)cc1. The Morgan fingerprint density at radius 2 is 1.86 bits per heavy atom. The molecule has 1 amide bonds. The van der Waals surface area contributed by atoms with E-state index in [0.29, 0.717) is 6.42 Å². The number of hydrogen-bond donors (Lipinski definition) is 2. The molecule has 1 rings (SSSR count). The molecule has 118 valence electrons. The molecule has 0 aromatic heterocycles. The third-order valence-corrected chi connectivity index (χ3v) is 3.24. The molecule has 0 radical (unpaired) electrons. The fraction of sp³-hybridized carbons (Fsp3) is 0.588. The largest absolute Gasteiger partial charge is 0.491 e. The number of ether oxygens (including phenoxy) is 1. The first kappa shape index (κ1) is 17.5. The van der Waals surface area contributed by atoms with E-state index in [1.54, 1.807) is 0 Å². The number of benzene rings is 1. The van der Waals surface area contributed by atoms with E-state index in [2.05, 4.69) is 12.2 Å². The Morgan fingerprint density at radius 3 is 2.38 bits per heavy atom. The minimum absolute atomic E-state index is 0.00552. The van der Waals surface area contributed by atoms with Gasteiger partial charge in [-0.1, -0.05) is 25.5 Å². The summed E-state index contributed by atoms with van der Waals surface area (Å²) in [6, 6.07) is 7.74. The summed E-state index contributed by atoms with van der Waals surface area (Å²) in [4.78, 5) is 11.9. The second-order valence-corrected chi connectivity index (χ2v) is 5.78. The van der Waals surface area contributed by atoms with Crippen LogP contribution in [0.4, 0.5) is 0 Å². The van der Waals surface area contributed by atoms with Gasteiger partial charge in [0.15, 0.2) is 0 Å². The normalized spacial score (nSPS) is 13.8. The van der Waals surface area contributed by atoms with Crippen molar-refractivity contribution in [3.8, 4) is 5.75 Å². The van der Waals surface area contributed by atoms with Gasteiger partial charge in [-0.25, -0.2) is 0 Å². The molecule has 0 aliphatic rings. The molecule has 3 N–H and O–H groups in total. The molecule has 1 aromatic rings. The minimum atomic E-state index is -0.0518. The zero-order valence-electron chi connectivity index (χ0n) is 13.6. The molecule has 1 aromatic carbocycles. The second-order valence-electron chi connectivity index (χ2n) is 5.78. The van der Waals surface area contributed by atoms with E-state index in [1.165, 1.54) is 0 Å². The maximum atomic E-state index is 11.9. The van der Waals surface area contributed by atoms with Gasteiger partial charge in [0.25, 0.3) is 0 Å². The monoisotopic (exact) mass is 292 g/mol. The molecule has 0 spiro atoms. The number of rotatable bonds is 8. The molecular formula is C17H28N2O2. The summed E-state index contributed by atoms with van der Waals surface area (Å²) in [5.41, 5.74) is 6.95. The summed E-state index contributed by atoms with van der Waals surface area (Å²) in [6.07, 6.45) is 2.42. The molecule has 0 aliphatic heterocycles. The Morgan fingerprint density at radius 1 is 1.24 bits per heavy atom. The fourth-order valence-corrected chi connectivity index (χ4v) is 2.20. The van der Waals surface area contributed by atoms with E-state index in [-0.39, 0.29) is 24.1 Å². The van der Waals surface area contributed by atoms with Crippen molar-refractivity contribution in [3.05, 3.63) is 29.8 Å². The van der Waals surface area contributed by atoms with Gasteiger partial charge in [0, 0.05) is 12.5 Å².